The van der Waals surface area contributed by atoms with Gasteiger partial charge in [0.15, 0.2) is 0 Å². The molecule has 1 amide bonds. The summed E-state index contributed by atoms with van der Waals surface area (Å²) in [5, 5.41) is 20.7. The number of rotatable bonds is 7. The Labute approximate surface area is 190 Å². The maximum Gasteiger partial charge on any atom is 0.410 e. The zero-order valence-corrected chi connectivity index (χ0v) is 17.9. The fourth-order valence-electron chi connectivity index (χ4n) is 4.23. The number of hydrogen-bond donors (Lipinski definition) is 1. The number of fused-ring (bicyclic) bond motifs is 3. The van der Waals surface area contributed by atoms with E-state index in [0.29, 0.717) is 5.56 Å². The summed E-state index contributed by atoms with van der Waals surface area (Å²) in [6.07, 6.45) is -0.854. The number of carbonyl (C=O) groups is 2. The molecule has 0 bridgehead atoms. The molecule has 3 aromatic rings. The Bertz CT molecular complexity index is 1180. The number of non-ortho nitro benzene ring substituents is 1. The number of carbonyl (C=O) groups excluding carboxylic acids is 1. The van der Waals surface area contributed by atoms with Crippen molar-refractivity contribution in [2.75, 3.05) is 13.7 Å². The molecule has 1 aliphatic rings. The van der Waals surface area contributed by atoms with Gasteiger partial charge in [0.05, 0.1) is 4.92 Å². The molecule has 0 unspecified atom stereocenters. The molecule has 1 atom stereocenters. The Kier molecular flexibility index (Phi) is 6.08. The summed E-state index contributed by atoms with van der Waals surface area (Å²) >= 11 is 0. The van der Waals surface area contributed by atoms with E-state index < -0.39 is 23.0 Å². The van der Waals surface area contributed by atoms with Gasteiger partial charge in [0, 0.05) is 31.5 Å². The van der Waals surface area contributed by atoms with Crippen molar-refractivity contribution in [2.24, 2.45) is 0 Å². The molecular weight excluding hydrogens is 424 g/mol. The third kappa shape index (κ3) is 4.41. The van der Waals surface area contributed by atoms with Crippen LogP contribution in [0.4, 0.5) is 10.5 Å². The first kappa shape index (κ1) is 22.0. The van der Waals surface area contributed by atoms with Crippen LogP contribution in [0.15, 0.2) is 72.8 Å². The molecule has 0 saturated heterocycles. The summed E-state index contributed by atoms with van der Waals surface area (Å²) in [6, 6.07) is 20.3. The van der Waals surface area contributed by atoms with Crippen LogP contribution >= 0.6 is 0 Å². The van der Waals surface area contributed by atoms with Crippen LogP contribution in [0, 0.1) is 10.1 Å². The minimum atomic E-state index is -1.23. The van der Waals surface area contributed by atoms with E-state index in [-0.39, 0.29) is 24.6 Å². The topological polar surface area (TPSA) is 110 Å². The Morgan fingerprint density at radius 1 is 1.03 bits per heavy atom. The van der Waals surface area contributed by atoms with Crippen LogP contribution in [0.25, 0.3) is 11.1 Å². The fraction of sp³-hybridized carbons (Fsp3) is 0.200. The van der Waals surface area contributed by atoms with Gasteiger partial charge >= 0.3 is 12.1 Å². The Hall–Kier alpha value is -4.20. The number of amides is 1. The molecule has 8 heteroatoms. The van der Waals surface area contributed by atoms with Gasteiger partial charge in [-0.25, -0.2) is 9.59 Å². The summed E-state index contributed by atoms with van der Waals surface area (Å²) < 4.78 is 5.55. The molecule has 0 aromatic heterocycles. The van der Waals surface area contributed by atoms with E-state index in [2.05, 4.69) is 0 Å². The van der Waals surface area contributed by atoms with Gasteiger partial charge in [0.25, 0.3) is 5.69 Å². The SMILES string of the molecule is CN(C(=O)OCC1c2ccccc2-c2ccccc21)[C@@H](Cc1cccc([N+](=O)[O-])c1)C(=O)O. The number of ether oxygens (including phenoxy) is 1. The van der Waals surface area contributed by atoms with Crippen LogP contribution in [0.5, 0.6) is 0 Å². The third-order valence-corrected chi connectivity index (χ3v) is 5.93. The van der Waals surface area contributed by atoms with Crippen molar-refractivity contribution in [1.82, 2.24) is 4.90 Å². The van der Waals surface area contributed by atoms with E-state index in [1.165, 1.54) is 25.2 Å². The second-order valence-corrected chi connectivity index (χ2v) is 7.90. The number of aliphatic carboxylic acids is 1. The average molecular weight is 446 g/mol. The van der Waals surface area contributed by atoms with Crippen molar-refractivity contribution < 1.29 is 24.4 Å². The Balaban J connectivity index is 1.48. The van der Waals surface area contributed by atoms with Gasteiger partial charge in [-0.1, -0.05) is 60.7 Å². The molecule has 1 N–H and O–H groups in total. The molecule has 1 aliphatic carbocycles. The Morgan fingerprint density at radius 2 is 1.64 bits per heavy atom. The van der Waals surface area contributed by atoms with Crippen LogP contribution in [0.2, 0.25) is 0 Å². The van der Waals surface area contributed by atoms with E-state index in [1.807, 2.05) is 48.5 Å². The molecule has 0 fully saturated rings. The summed E-state index contributed by atoms with van der Waals surface area (Å²) in [7, 11) is 1.36. The zero-order valence-electron chi connectivity index (χ0n) is 17.9. The van der Waals surface area contributed by atoms with E-state index in [1.54, 1.807) is 6.07 Å². The number of hydrogen-bond acceptors (Lipinski definition) is 5. The molecule has 0 radical (unpaired) electrons. The van der Waals surface area contributed by atoms with Crippen LogP contribution < -0.4 is 0 Å². The highest BCUT2D eigenvalue weighted by Gasteiger charge is 2.32. The summed E-state index contributed by atoms with van der Waals surface area (Å²) in [5.41, 5.74) is 4.60. The van der Waals surface area contributed by atoms with E-state index in [0.717, 1.165) is 27.2 Å². The number of carboxylic acids is 1. The first-order chi connectivity index (χ1) is 15.9. The maximum absolute atomic E-state index is 12.8. The van der Waals surface area contributed by atoms with Crippen molar-refractivity contribution in [3.8, 4) is 11.1 Å². The van der Waals surface area contributed by atoms with Crippen LogP contribution in [0.1, 0.15) is 22.6 Å². The van der Waals surface area contributed by atoms with Gasteiger partial charge in [0.1, 0.15) is 12.6 Å². The van der Waals surface area contributed by atoms with Crippen molar-refractivity contribution >= 4 is 17.7 Å². The lowest BCUT2D eigenvalue weighted by atomic mass is 9.98. The first-order valence-electron chi connectivity index (χ1n) is 10.4. The number of carboxylic acid groups (broad SMARTS) is 1. The van der Waals surface area contributed by atoms with Crippen molar-refractivity contribution in [1.29, 1.82) is 0 Å². The van der Waals surface area contributed by atoms with Crippen LogP contribution in [0.3, 0.4) is 0 Å². The molecule has 33 heavy (non-hydrogen) atoms. The van der Waals surface area contributed by atoms with E-state index in [4.69, 9.17) is 4.74 Å². The first-order valence-corrected chi connectivity index (χ1v) is 10.4. The maximum atomic E-state index is 12.8. The largest absolute Gasteiger partial charge is 0.480 e. The quantitative estimate of drug-likeness (QED) is 0.424. The van der Waals surface area contributed by atoms with Gasteiger partial charge in [0.2, 0.25) is 0 Å². The Morgan fingerprint density at radius 3 is 2.21 bits per heavy atom. The van der Waals surface area contributed by atoms with E-state index >= 15 is 0 Å². The smallest absolute Gasteiger partial charge is 0.410 e. The minimum Gasteiger partial charge on any atom is -0.480 e. The number of likely N-dealkylation sites (N-methyl/N-ethyl adjacent to an activating group) is 1. The monoisotopic (exact) mass is 446 g/mol. The van der Waals surface area contributed by atoms with Gasteiger partial charge in [-0.3, -0.25) is 15.0 Å². The summed E-state index contributed by atoms with van der Waals surface area (Å²) in [5.74, 6) is -1.37. The molecule has 168 valence electrons. The predicted octanol–water partition coefficient (Wildman–Crippen LogP) is 4.47. The predicted molar refractivity (Wildman–Crippen MR) is 121 cm³/mol. The molecule has 0 aliphatic heterocycles. The third-order valence-electron chi connectivity index (χ3n) is 5.93. The van der Waals surface area contributed by atoms with Crippen molar-refractivity contribution in [2.45, 2.75) is 18.4 Å². The molecular formula is C25H22N2O6. The standard InChI is InChI=1S/C25H22N2O6/c1-26(23(24(28)29)14-16-7-6-8-17(13-16)27(31)32)25(30)33-15-22-20-11-4-2-9-18(20)19-10-3-5-12-21(19)22/h2-13,22-23H,14-15H2,1H3,(H,28,29)/t23-/m0/s1. The van der Waals surface area contributed by atoms with Gasteiger partial charge < -0.3 is 9.84 Å². The molecule has 3 aromatic carbocycles. The molecule has 4 rings (SSSR count). The van der Waals surface area contributed by atoms with Gasteiger partial charge in [-0.15, -0.1) is 0 Å². The second kappa shape index (κ2) is 9.12. The normalized spacial score (nSPS) is 13.0. The van der Waals surface area contributed by atoms with Crippen molar-refractivity contribution in [3.63, 3.8) is 0 Å². The van der Waals surface area contributed by atoms with Crippen LogP contribution in [-0.4, -0.2) is 46.7 Å². The second-order valence-electron chi connectivity index (χ2n) is 7.90. The molecule has 8 nitrogen and oxygen atoms in total. The number of benzene rings is 3. The lowest BCUT2D eigenvalue weighted by Gasteiger charge is -2.25. The highest BCUT2D eigenvalue weighted by Crippen LogP contribution is 2.44. The van der Waals surface area contributed by atoms with Gasteiger partial charge in [-0.2, -0.15) is 0 Å². The molecule has 0 saturated carbocycles. The lowest BCUT2D eigenvalue weighted by molar-refractivity contribution is -0.384. The lowest BCUT2D eigenvalue weighted by Crippen LogP contribution is -2.44. The molecule has 0 heterocycles. The minimum absolute atomic E-state index is 0.0698. The van der Waals surface area contributed by atoms with Gasteiger partial charge in [-0.05, 0) is 27.8 Å². The zero-order chi connectivity index (χ0) is 23.5. The summed E-state index contributed by atoms with van der Waals surface area (Å²) in [4.78, 5) is 36.1. The summed E-state index contributed by atoms with van der Waals surface area (Å²) in [6.45, 7) is 0.0698. The number of nitrogens with zero attached hydrogens (tertiary/aromatic N) is 2. The highest BCUT2D eigenvalue weighted by atomic mass is 16.6. The average Bonchev–Trinajstić information content (AvgIpc) is 3.14. The van der Waals surface area contributed by atoms with E-state index in [9.17, 15) is 24.8 Å². The van der Waals surface area contributed by atoms with Crippen molar-refractivity contribution in [3.05, 3.63) is 99.6 Å². The number of nitro groups is 1. The van der Waals surface area contributed by atoms with Crippen LogP contribution in [-0.2, 0) is 16.0 Å². The number of nitro benzene ring substituents is 1. The fourth-order valence-corrected chi connectivity index (χ4v) is 4.23. The molecule has 0 spiro atoms. The highest BCUT2D eigenvalue weighted by molar-refractivity contribution is 5.81.